The van der Waals surface area contributed by atoms with Gasteiger partial charge in [0.25, 0.3) is 11.8 Å². The van der Waals surface area contributed by atoms with Crippen LogP contribution in [0.2, 0.25) is 0 Å². The van der Waals surface area contributed by atoms with Gasteiger partial charge in [-0.05, 0) is 72.7 Å². The zero-order chi connectivity index (χ0) is 36.1. The van der Waals surface area contributed by atoms with E-state index >= 15 is 0 Å². The number of aromatic hydroxyl groups is 1. The Bertz CT molecular complexity index is 2220. The molecule has 0 aromatic heterocycles. The van der Waals surface area contributed by atoms with Crippen LogP contribution in [-0.2, 0) is 23.9 Å². The van der Waals surface area contributed by atoms with Crippen molar-refractivity contribution in [1.29, 1.82) is 0 Å². The maximum atomic E-state index is 14.7. The highest BCUT2D eigenvalue weighted by Gasteiger charge is 2.77. The number of imide groups is 2. The largest absolute Gasteiger partial charge is 0.507 e. The lowest BCUT2D eigenvalue weighted by Gasteiger charge is -2.50. The molecule has 0 spiro atoms. The van der Waals surface area contributed by atoms with E-state index in [4.69, 9.17) is 27.9 Å². The normalized spacial score (nSPS) is 30.1. The van der Waals surface area contributed by atoms with Crippen molar-refractivity contribution in [3.8, 4) is 5.75 Å². The molecule has 3 aliphatic heterocycles. The highest BCUT2D eigenvalue weighted by Crippen LogP contribution is 2.66. The quantitative estimate of drug-likeness (QED) is 0.149. The summed E-state index contributed by atoms with van der Waals surface area (Å²) in [6.45, 7) is 2.70. The molecule has 12 heteroatoms. The van der Waals surface area contributed by atoms with Gasteiger partial charge in [-0.15, -0.1) is 23.2 Å². The minimum atomic E-state index is -2.16. The van der Waals surface area contributed by atoms with Crippen LogP contribution in [0.5, 0.6) is 5.75 Å². The predicted molar refractivity (Wildman–Crippen MR) is 194 cm³/mol. The fraction of sp³-hybridized carbons (Fsp3) is 0.300. The van der Waals surface area contributed by atoms with Crippen molar-refractivity contribution in [3.05, 3.63) is 108 Å². The first-order chi connectivity index (χ1) is 25.0. The molecular formula is C40H32Cl2FN3O6. The van der Waals surface area contributed by atoms with Crippen molar-refractivity contribution in [3.63, 3.8) is 0 Å². The Hall–Kier alpha value is -4.77. The Morgan fingerprint density at radius 3 is 2.13 bits per heavy atom. The lowest BCUT2D eigenvalue weighted by molar-refractivity contribution is -0.125. The maximum absolute atomic E-state index is 14.7. The molecular weight excluding hydrogens is 708 g/mol. The number of carbonyl (C=O) groups is 4. The second kappa shape index (κ2) is 11.9. The number of amides is 4. The fourth-order valence-electron chi connectivity index (χ4n) is 9.14. The van der Waals surface area contributed by atoms with Crippen molar-refractivity contribution in [2.24, 2.45) is 17.8 Å². The molecule has 52 heavy (non-hydrogen) atoms. The number of fused-ring (bicyclic) bond motifs is 5. The van der Waals surface area contributed by atoms with Crippen LogP contribution in [-0.4, -0.2) is 64.8 Å². The predicted octanol–water partition coefficient (Wildman–Crippen LogP) is 6.29. The number of carbonyl (C=O) groups excluding carboxylic acids is 4. The van der Waals surface area contributed by atoms with E-state index in [1.165, 1.54) is 17.0 Å². The van der Waals surface area contributed by atoms with Crippen molar-refractivity contribution in [2.75, 3.05) is 41.0 Å². The molecule has 2 aliphatic carbocycles. The summed E-state index contributed by atoms with van der Waals surface area (Å²) in [5, 5.41) is 13.1. The van der Waals surface area contributed by atoms with Gasteiger partial charge in [0.05, 0.1) is 36.4 Å². The highest BCUT2D eigenvalue weighted by atomic mass is 35.5. The summed E-state index contributed by atoms with van der Waals surface area (Å²) in [6, 6.07) is 22.8. The summed E-state index contributed by atoms with van der Waals surface area (Å²) in [5.74, 6) is -6.72. The van der Waals surface area contributed by atoms with Crippen LogP contribution in [0.15, 0.2) is 96.6 Å². The summed E-state index contributed by atoms with van der Waals surface area (Å²) in [5.41, 5.74) is 2.30. The topological polar surface area (TPSA) is 107 Å². The molecule has 4 aromatic carbocycles. The van der Waals surface area contributed by atoms with Crippen molar-refractivity contribution >= 4 is 74.7 Å². The van der Waals surface area contributed by atoms with Gasteiger partial charge in [0.15, 0.2) is 9.75 Å². The second-order valence-corrected chi connectivity index (χ2v) is 15.3. The number of phenolic OH excluding ortho intramolecular Hbond substituents is 1. The molecule has 264 valence electrons. The Morgan fingerprint density at radius 2 is 1.40 bits per heavy atom. The molecule has 1 saturated carbocycles. The molecule has 4 fully saturated rings. The first-order valence-electron chi connectivity index (χ1n) is 17.3. The Kier molecular flexibility index (Phi) is 7.56. The van der Waals surface area contributed by atoms with E-state index in [0.29, 0.717) is 29.9 Å². The summed E-state index contributed by atoms with van der Waals surface area (Å²) >= 11 is 15.0. The average Bonchev–Trinajstić information content (AvgIpc) is 3.50. The number of hydrogen-bond donors (Lipinski definition) is 1. The van der Waals surface area contributed by atoms with E-state index in [1.54, 1.807) is 36.4 Å². The standard InChI is InChI=1S/C40H32Cl2FN3O6/c41-39-21-31-28(15-16-29-32(31)36(49)45(35(29)48)25-12-10-24(11-13-25)44-17-19-52-20-18-44)33(30-14-5-22-3-1-2-4-27(22)34(30)47)40(39,42)38(51)46(37(39)50)26-8-6-23(43)7-9-26/h1-15,29,31-33,47H,16-21H2/t29-,31+,32-,33+,39+,40-/m0/s1. The van der Waals surface area contributed by atoms with Gasteiger partial charge in [0.1, 0.15) is 11.6 Å². The Balaban J connectivity index is 1.16. The summed E-state index contributed by atoms with van der Waals surface area (Å²) in [7, 11) is 0. The Morgan fingerprint density at radius 1 is 0.750 bits per heavy atom. The number of hydrogen-bond acceptors (Lipinski definition) is 7. The molecule has 3 heterocycles. The van der Waals surface area contributed by atoms with Crippen molar-refractivity contribution in [1.82, 2.24) is 0 Å². The molecule has 3 saturated heterocycles. The number of alkyl halides is 2. The number of morpholine rings is 1. The number of rotatable bonds is 4. The number of benzene rings is 4. The third kappa shape index (κ3) is 4.50. The maximum Gasteiger partial charge on any atom is 0.258 e. The first-order valence-corrected chi connectivity index (χ1v) is 18.0. The van der Waals surface area contributed by atoms with Crippen LogP contribution in [0.25, 0.3) is 10.8 Å². The number of halogens is 3. The molecule has 6 atom stereocenters. The number of allylic oxidation sites excluding steroid dienone is 2. The molecule has 4 amide bonds. The smallest absolute Gasteiger partial charge is 0.258 e. The second-order valence-electron chi connectivity index (χ2n) is 14.1. The zero-order valence-corrected chi connectivity index (χ0v) is 29.2. The SMILES string of the molecule is O=C1[C@H]2[C@H](CC=C3[C@H]2C[C@@]2(Cl)C(=O)N(c4ccc(F)cc4)C(=O)[C@@]2(Cl)[C@H]3c2ccc3ccccc3c2O)C(=O)N1c1ccc(N2CCOCC2)cc1. The summed E-state index contributed by atoms with van der Waals surface area (Å²) < 4.78 is 19.4. The van der Waals surface area contributed by atoms with E-state index in [9.17, 15) is 28.7 Å². The first kappa shape index (κ1) is 33.1. The molecule has 4 aromatic rings. The lowest BCUT2D eigenvalue weighted by atomic mass is 9.56. The number of ether oxygens (including phenoxy) is 1. The third-order valence-corrected chi connectivity index (χ3v) is 13.0. The average molecular weight is 741 g/mol. The third-order valence-electron chi connectivity index (χ3n) is 11.6. The van der Waals surface area contributed by atoms with E-state index in [0.717, 1.165) is 41.2 Å². The molecule has 9 nitrogen and oxygen atoms in total. The summed E-state index contributed by atoms with van der Waals surface area (Å²) in [4.78, 5) is 57.9. The fourth-order valence-corrected chi connectivity index (χ4v) is 10.1. The minimum Gasteiger partial charge on any atom is -0.507 e. The lowest BCUT2D eigenvalue weighted by Crippen LogP contribution is -2.60. The van der Waals surface area contributed by atoms with Gasteiger partial charge in [-0.1, -0.05) is 48.0 Å². The molecule has 5 aliphatic rings. The van der Waals surface area contributed by atoms with E-state index in [1.807, 2.05) is 30.3 Å². The van der Waals surface area contributed by atoms with Crippen molar-refractivity contribution < 1.29 is 33.4 Å². The van der Waals surface area contributed by atoms with Gasteiger partial charge in [0, 0.05) is 35.6 Å². The summed E-state index contributed by atoms with van der Waals surface area (Å²) in [6.07, 6.45) is 1.79. The minimum absolute atomic E-state index is 0.0842. The van der Waals surface area contributed by atoms with Crippen molar-refractivity contribution in [2.45, 2.75) is 28.5 Å². The van der Waals surface area contributed by atoms with Gasteiger partial charge in [0.2, 0.25) is 11.8 Å². The van der Waals surface area contributed by atoms with Gasteiger partial charge in [-0.2, -0.15) is 0 Å². The number of anilines is 3. The van der Waals surface area contributed by atoms with Gasteiger partial charge in [-0.25, -0.2) is 9.29 Å². The molecule has 1 N–H and O–H groups in total. The van der Waals surface area contributed by atoms with Crippen LogP contribution >= 0.6 is 23.2 Å². The molecule has 9 rings (SSSR count). The highest BCUT2D eigenvalue weighted by molar-refractivity contribution is 6.58. The van der Waals surface area contributed by atoms with Gasteiger partial charge < -0.3 is 14.7 Å². The Labute approximate surface area is 308 Å². The molecule has 0 unspecified atom stereocenters. The van der Waals surface area contributed by atoms with Gasteiger partial charge >= 0.3 is 0 Å². The van der Waals surface area contributed by atoms with Crippen LogP contribution in [0.4, 0.5) is 21.5 Å². The molecule has 0 radical (unpaired) electrons. The van der Waals surface area contributed by atoms with E-state index in [2.05, 4.69) is 4.90 Å². The molecule has 0 bridgehead atoms. The number of nitrogens with zero attached hydrogens (tertiary/aromatic N) is 3. The van der Waals surface area contributed by atoms with Crippen LogP contribution < -0.4 is 14.7 Å². The van der Waals surface area contributed by atoms with Gasteiger partial charge in [-0.3, -0.25) is 24.1 Å². The van der Waals surface area contributed by atoms with E-state index in [-0.39, 0.29) is 35.7 Å². The van der Waals surface area contributed by atoms with E-state index < -0.39 is 57.0 Å². The monoisotopic (exact) mass is 739 g/mol. The zero-order valence-electron chi connectivity index (χ0n) is 27.7. The van der Waals surface area contributed by atoms with Crippen LogP contribution in [0.1, 0.15) is 24.3 Å². The number of phenols is 1. The van der Waals surface area contributed by atoms with Crippen LogP contribution in [0.3, 0.4) is 0 Å². The van der Waals surface area contributed by atoms with Crippen LogP contribution in [0, 0.1) is 23.6 Å².